The summed E-state index contributed by atoms with van der Waals surface area (Å²) in [6, 6.07) is 9.70. The van der Waals surface area contributed by atoms with Gasteiger partial charge in [0.15, 0.2) is 0 Å². The van der Waals surface area contributed by atoms with E-state index >= 15 is 0 Å². The molecule has 2 aromatic carbocycles. The van der Waals surface area contributed by atoms with Gasteiger partial charge in [0, 0.05) is 30.4 Å². The topological polar surface area (TPSA) is 77.2 Å². The van der Waals surface area contributed by atoms with Crippen molar-refractivity contribution in [1.29, 1.82) is 0 Å². The normalized spacial score (nSPS) is 12.2. The van der Waals surface area contributed by atoms with E-state index in [-0.39, 0.29) is 29.4 Å². The van der Waals surface area contributed by atoms with Crippen molar-refractivity contribution < 1.29 is 18.0 Å². The highest BCUT2D eigenvalue weighted by atomic mass is 35.5. The number of carbonyl (C=O) groups excluding carboxylic acids is 1. The van der Waals surface area contributed by atoms with Crippen LogP contribution in [0.1, 0.15) is 18.5 Å². The van der Waals surface area contributed by atoms with Crippen molar-refractivity contribution in [1.82, 2.24) is 15.2 Å². The molecule has 1 atom stereocenters. The first-order valence-electron chi connectivity index (χ1n) is 9.89. The van der Waals surface area contributed by atoms with Gasteiger partial charge in [0.25, 0.3) is 12.0 Å². The lowest BCUT2D eigenvalue weighted by Gasteiger charge is -2.30. The van der Waals surface area contributed by atoms with Crippen LogP contribution < -0.4 is 16.2 Å². The predicted molar refractivity (Wildman–Crippen MR) is 119 cm³/mol. The van der Waals surface area contributed by atoms with E-state index in [0.29, 0.717) is 16.3 Å². The van der Waals surface area contributed by atoms with Gasteiger partial charge in [-0.1, -0.05) is 29.8 Å². The van der Waals surface area contributed by atoms with Gasteiger partial charge in [-0.3, -0.25) is 4.79 Å². The lowest BCUT2D eigenvalue weighted by atomic mass is 10.0. The summed E-state index contributed by atoms with van der Waals surface area (Å²) in [6.45, 7) is 1.49. The van der Waals surface area contributed by atoms with E-state index in [1.54, 1.807) is 31.2 Å². The second kappa shape index (κ2) is 10.5. The largest absolute Gasteiger partial charge is 0.328 e. The molecule has 0 radical (unpaired) electrons. The Morgan fingerprint density at radius 1 is 1.19 bits per heavy atom. The van der Waals surface area contributed by atoms with Crippen LogP contribution >= 0.6 is 11.6 Å². The van der Waals surface area contributed by atoms with Gasteiger partial charge in [0.2, 0.25) is 0 Å². The van der Waals surface area contributed by atoms with Gasteiger partial charge < -0.3 is 20.5 Å². The molecule has 0 unspecified atom stereocenters. The number of nitrogens with one attached hydrogen (secondary N) is 3. The van der Waals surface area contributed by atoms with Crippen molar-refractivity contribution in [3.05, 3.63) is 75.4 Å². The molecule has 0 saturated heterocycles. The number of aromatic nitrogens is 1. The highest BCUT2D eigenvalue weighted by Gasteiger charge is 2.24. The number of urea groups is 1. The summed E-state index contributed by atoms with van der Waals surface area (Å²) in [5.74, 6) is -0.620. The lowest BCUT2D eigenvalue weighted by molar-refractivity contribution is 0.143. The second-order valence-electron chi connectivity index (χ2n) is 7.14. The number of pyridine rings is 1. The zero-order valence-electron chi connectivity index (χ0n) is 17.2. The van der Waals surface area contributed by atoms with Gasteiger partial charge in [-0.2, -0.15) is 0 Å². The van der Waals surface area contributed by atoms with Crippen LogP contribution in [0.2, 0.25) is 5.02 Å². The van der Waals surface area contributed by atoms with E-state index in [9.17, 15) is 22.8 Å². The summed E-state index contributed by atoms with van der Waals surface area (Å²) in [4.78, 5) is 29.4. The number of hydrogen-bond acceptors (Lipinski definition) is 3. The summed E-state index contributed by atoms with van der Waals surface area (Å²) < 4.78 is 38.4. The summed E-state index contributed by atoms with van der Waals surface area (Å²) in [6.07, 6.45) is -0.976. The molecule has 10 heteroatoms. The van der Waals surface area contributed by atoms with Crippen LogP contribution in [0.4, 0.5) is 23.7 Å². The number of amides is 2. The molecule has 6 nitrogen and oxygen atoms in total. The minimum absolute atomic E-state index is 0.0993. The van der Waals surface area contributed by atoms with Crippen LogP contribution in [-0.2, 0) is 0 Å². The van der Waals surface area contributed by atoms with Crippen molar-refractivity contribution in [2.75, 3.05) is 25.0 Å². The third-order valence-corrected chi connectivity index (χ3v) is 5.31. The molecule has 1 heterocycles. The van der Waals surface area contributed by atoms with E-state index < -0.39 is 30.9 Å². The molecule has 3 N–H and O–H groups in total. The Kier molecular flexibility index (Phi) is 7.76. The van der Waals surface area contributed by atoms with Crippen LogP contribution in [0.3, 0.4) is 0 Å². The minimum atomic E-state index is -2.51. The molecule has 0 aliphatic carbocycles. The van der Waals surface area contributed by atoms with Crippen LogP contribution in [0.5, 0.6) is 0 Å². The fourth-order valence-corrected chi connectivity index (χ4v) is 3.58. The number of benzene rings is 2. The van der Waals surface area contributed by atoms with Gasteiger partial charge in [0.05, 0.1) is 17.6 Å². The van der Waals surface area contributed by atoms with Crippen molar-refractivity contribution in [2.24, 2.45) is 0 Å². The molecule has 0 spiro atoms. The van der Waals surface area contributed by atoms with Crippen LogP contribution in [0.25, 0.3) is 10.8 Å². The quantitative estimate of drug-likeness (QED) is 0.418. The van der Waals surface area contributed by atoms with Crippen molar-refractivity contribution >= 4 is 34.1 Å². The Labute approximate surface area is 187 Å². The Hall–Kier alpha value is -3.04. The van der Waals surface area contributed by atoms with Crippen LogP contribution in [0.15, 0.2) is 53.5 Å². The summed E-state index contributed by atoms with van der Waals surface area (Å²) >= 11 is 5.79. The summed E-state index contributed by atoms with van der Waals surface area (Å²) in [7, 11) is 0. The first kappa shape index (κ1) is 23.6. The van der Waals surface area contributed by atoms with Crippen LogP contribution in [-0.4, -0.2) is 42.0 Å². The molecular formula is C22H22ClF3N4O2. The van der Waals surface area contributed by atoms with Crippen molar-refractivity contribution in [3.63, 3.8) is 0 Å². The zero-order valence-corrected chi connectivity index (χ0v) is 17.9. The van der Waals surface area contributed by atoms with Crippen molar-refractivity contribution in [2.45, 2.75) is 19.4 Å². The smallest absolute Gasteiger partial charge is 0.322 e. The zero-order chi connectivity index (χ0) is 23.3. The van der Waals surface area contributed by atoms with Crippen LogP contribution in [0, 0.1) is 5.82 Å². The second-order valence-corrected chi connectivity index (χ2v) is 7.55. The highest BCUT2D eigenvalue weighted by molar-refractivity contribution is 6.31. The number of anilines is 1. The molecular weight excluding hydrogens is 445 g/mol. The molecule has 0 aliphatic heterocycles. The lowest BCUT2D eigenvalue weighted by Crippen LogP contribution is -2.42. The average Bonchev–Trinajstić information content (AvgIpc) is 2.76. The molecule has 32 heavy (non-hydrogen) atoms. The molecule has 1 aromatic heterocycles. The summed E-state index contributed by atoms with van der Waals surface area (Å²) in [5.41, 5.74) is 0.707. The molecule has 3 aromatic rings. The minimum Gasteiger partial charge on any atom is -0.328 e. The SMILES string of the molecule is C[C@H](c1c[nH]c(=O)c2ccccc12)N(CCNCC(F)F)C(=O)Nc1ccc(F)c(Cl)c1. The van der Waals surface area contributed by atoms with E-state index in [4.69, 9.17) is 11.6 Å². The van der Waals surface area contributed by atoms with Gasteiger partial charge in [-0.15, -0.1) is 0 Å². The maximum atomic E-state index is 13.4. The maximum Gasteiger partial charge on any atom is 0.322 e. The average molecular weight is 467 g/mol. The molecule has 170 valence electrons. The number of fused-ring (bicyclic) bond motifs is 1. The number of carbonyl (C=O) groups is 1. The van der Waals surface area contributed by atoms with E-state index in [1.165, 1.54) is 23.2 Å². The molecule has 0 fully saturated rings. The Bertz CT molecular complexity index is 1160. The number of halogens is 4. The third kappa shape index (κ3) is 5.60. The number of nitrogens with zero attached hydrogens (tertiary/aromatic N) is 1. The fraction of sp³-hybridized carbons (Fsp3) is 0.273. The van der Waals surface area contributed by atoms with E-state index in [2.05, 4.69) is 15.6 Å². The monoisotopic (exact) mass is 466 g/mol. The van der Waals surface area contributed by atoms with Gasteiger partial charge in [0.1, 0.15) is 5.82 Å². The highest BCUT2D eigenvalue weighted by Crippen LogP contribution is 2.27. The molecule has 3 rings (SSSR count). The van der Waals surface area contributed by atoms with E-state index in [1.807, 2.05) is 0 Å². The molecule has 0 aliphatic rings. The first-order chi connectivity index (χ1) is 15.3. The van der Waals surface area contributed by atoms with Gasteiger partial charge >= 0.3 is 6.03 Å². The number of alkyl halides is 2. The fourth-order valence-electron chi connectivity index (χ4n) is 3.40. The predicted octanol–water partition coefficient (Wildman–Crippen LogP) is 4.77. The Balaban J connectivity index is 1.89. The third-order valence-electron chi connectivity index (χ3n) is 5.02. The van der Waals surface area contributed by atoms with Gasteiger partial charge in [-0.05, 0) is 42.1 Å². The summed E-state index contributed by atoms with van der Waals surface area (Å²) in [5, 5.41) is 6.26. The molecule has 0 saturated carbocycles. The van der Waals surface area contributed by atoms with Crippen molar-refractivity contribution in [3.8, 4) is 0 Å². The Morgan fingerprint density at radius 3 is 2.59 bits per heavy atom. The maximum absolute atomic E-state index is 13.4. The Morgan fingerprint density at radius 2 is 1.91 bits per heavy atom. The van der Waals surface area contributed by atoms with Gasteiger partial charge in [-0.25, -0.2) is 18.0 Å². The molecule has 0 bridgehead atoms. The number of aromatic amines is 1. The van der Waals surface area contributed by atoms with E-state index in [0.717, 1.165) is 6.07 Å². The standard InChI is InChI=1S/C22H22ClF3N4O2/c1-13(17-11-28-21(31)16-5-3-2-4-15(16)17)30(9-8-27-12-20(25)26)22(32)29-14-6-7-19(24)18(23)10-14/h2-7,10-11,13,20,27H,8-9,12H2,1H3,(H,28,31)(H,29,32)/t13-/m1/s1. The number of rotatable bonds is 8. The number of H-pyrrole nitrogens is 1. The first-order valence-corrected chi connectivity index (χ1v) is 10.3. The number of hydrogen-bond donors (Lipinski definition) is 3. The molecule has 2 amide bonds.